The van der Waals surface area contributed by atoms with Crippen LogP contribution in [0, 0.1) is 6.92 Å². The van der Waals surface area contributed by atoms with E-state index in [4.69, 9.17) is 10.5 Å². The number of methoxy groups -OCH3 is 1. The van der Waals surface area contributed by atoms with Gasteiger partial charge in [-0.2, -0.15) is 0 Å². The summed E-state index contributed by atoms with van der Waals surface area (Å²) in [6.07, 6.45) is 0.615. The fourth-order valence-corrected chi connectivity index (χ4v) is 3.87. The molecule has 4 N–H and O–H groups in total. The summed E-state index contributed by atoms with van der Waals surface area (Å²) >= 11 is 1.14. The van der Waals surface area contributed by atoms with Crippen molar-refractivity contribution in [3.05, 3.63) is 50.7 Å². The summed E-state index contributed by atoms with van der Waals surface area (Å²) in [5.41, 5.74) is 6.42. The number of rotatable bonds is 11. The van der Waals surface area contributed by atoms with Gasteiger partial charge in [-0.05, 0) is 32.4 Å². The van der Waals surface area contributed by atoms with E-state index in [0.29, 0.717) is 18.7 Å². The number of H-pyrrole nitrogens is 1. The van der Waals surface area contributed by atoms with Crippen molar-refractivity contribution in [3.8, 4) is 0 Å². The zero-order valence-electron chi connectivity index (χ0n) is 19.3. The van der Waals surface area contributed by atoms with Crippen molar-refractivity contribution in [3.63, 3.8) is 0 Å². The first-order valence-corrected chi connectivity index (χ1v) is 11.7. The predicted molar refractivity (Wildman–Crippen MR) is 132 cm³/mol. The van der Waals surface area contributed by atoms with Gasteiger partial charge in [0.1, 0.15) is 5.82 Å². The fourth-order valence-electron chi connectivity index (χ4n) is 3.12. The second-order valence-corrected chi connectivity index (χ2v) is 8.82. The molecule has 0 aliphatic heterocycles. The zero-order chi connectivity index (χ0) is 24.5. The molecule has 10 nitrogen and oxygen atoms in total. The average Bonchev–Trinajstić information content (AvgIpc) is 2.78. The molecule has 0 aliphatic rings. The van der Waals surface area contributed by atoms with Gasteiger partial charge in [-0.15, -0.1) is 11.8 Å². The quantitative estimate of drug-likeness (QED) is 0.446. The molecule has 33 heavy (non-hydrogen) atoms. The number of aryl methyl sites for hydroxylation is 1. The van der Waals surface area contributed by atoms with E-state index >= 15 is 0 Å². The van der Waals surface area contributed by atoms with Crippen molar-refractivity contribution in [2.75, 3.05) is 42.0 Å². The molecule has 180 valence electrons. The Kier molecular flexibility index (Phi) is 9.74. The highest BCUT2D eigenvalue weighted by molar-refractivity contribution is 8.01. The van der Waals surface area contributed by atoms with Crippen LogP contribution in [-0.2, 0) is 20.9 Å². The monoisotopic (exact) mass is 477 g/mol. The summed E-state index contributed by atoms with van der Waals surface area (Å²) in [4.78, 5) is 53.7. The SMILES string of the molecule is CCCn1c(N)c(N(CCOC)C(=O)C(C)SCC(=O)Nc2ccc(C)cc2)c(=O)[nH]c1=O. The van der Waals surface area contributed by atoms with Crippen LogP contribution in [0.4, 0.5) is 17.2 Å². The standard InChI is InChI=1S/C22H31N5O5S/c1-5-10-27-19(23)18(20(29)25-22(27)31)26(11-12-32-4)21(30)15(3)33-13-17(28)24-16-8-6-14(2)7-9-16/h6-9,15H,5,10-13,23H2,1-4H3,(H,24,28)(H,25,29,31). The minimum Gasteiger partial charge on any atom is -0.383 e. The lowest BCUT2D eigenvalue weighted by molar-refractivity contribution is -0.118. The van der Waals surface area contributed by atoms with E-state index < -0.39 is 22.4 Å². The van der Waals surface area contributed by atoms with Crippen LogP contribution in [0.15, 0.2) is 33.9 Å². The molecule has 1 aromatic carbocycles. The number of benzene rings is 1. The first-order chi connectivity index (χ1) is 15.7. The third-order valence-electron chi connectivity index (χ3n) is 4.86. The zero-order valence-corrected chi connectivity index (χ0v) is 20.2. The number of ether oxygens (including phenoxy) is 1. The van der Waals surface area contributed by atoms with E-state index in [1.165, 1.54) is 16.6 Å². The van der Waals surface area contributed by atoms with Crippen LogP contribution in [0.2, 0.25) is 0 Å². The predicted octanol–water partition coefficient (Wildman–Crippen LogP) is 1.58. The van der Waals surface area contributed by atoms with Gasteiger partial charge in [0.2, 0.25) is 11.8 Å². The van der Waals surface area contributed by atoms with Gasteiger partial charge >= 0.3 is 5.69 Å². The molecule has 2 aromatic rings. The first kappa shape index (κ1) is 26.2. The highest BCUT2D eigenvalue weighted by atomic mass is 32.2. The highest BCUT2D eigenvalue weighted by Crippen LogP contribution is 2.22. The molecule has 1 unspecified atom stereocenters. The lowest BCUT2D eigenvalue weighted by Crippen LogP contribution is -2.45. The smallest absolute Gasteiger partial charge is 0.330 e. The number of nitrogens with two attached hydrogens (primary N) is 1. The minimum atomic E-state index is -0.747. The highest BCUT2D eigenvalue weighted by Gasteiger charge is 2.28. The maximum atomic E-state index is 13.2. The fraction of sp³-hybridized carbons (Fsp3) is 0.455. The summed E-state index contributed by atoms with van der Waals surface area (Å²) in [5.74, 6) is -0.704. The van der Waals surface area contributed by atoms with Crippen LogP contribution in [-0.4, -0.2) is 52.6 Å². The Morgan fingerprint density at radius 3 is 2.55 bits per heavy atom. The molecule has 1 heterocycles. The molecule has 0 saturated heterocycles. The van der Waals surface area contributed by atoms with Crippen LogP contribution in [0.3, 0.4) is 0 Å². The van der Waals surface area contributed by atoms with Crippen molar-refractivity contribution in [1.82, 2.24) is 9.55 Å². The Hall–Kier alpha value is -3.05. The largest absolute Gasteiger partial charge is 0.383 e. The molecule has 1 aromatic heterocycles. The molecular formula is C22H31N5O5S. The number of nitrogens with zero attached hydrogens (tertiary/aromatic N) is 2. The van der Waals surface area contributed by atoms with Gasteiger partial charge < -0.3 is 20.7 Å². The Morgan fingerprint density at radius 2 is 1.94 bits per heavy atom. The summed E-state index contributed by atoms with van der Waals surface area (Å²) in [6.45, 7) is 5.99. The van der Waals surface area contributed by atoms with Crippen LogP contribution in [0.5, 0.6) is 0 Å². The molecule has 0 aliphatic carbocycles. The van der Waals surface area contributed by atoms with Crippen LogP contribution < -0.4 is 27.2 Å². The van der Waals surface area contributed by atoms with E-state index in [-0.39, 0.29) is 36.3 Å². The van der Waals surface area contributed by atoms with Crippen molar-refractivity contribution in [1.29, 1.82) is 0 Å². The topological polar surface area (TPSA) is 140 Å². The second kappa shape index (κ2) is 12.3. The molecule has 0 spiro atoms. The molecule has 0 saturated carbocycles. The van der Waals surface area contributed by atoms with Crippen molar-refractivity contribution >= 4 is 40.8 Å². The van der Waals surface area contributed by atoms with E-state index in [1.54, 1.807) is 19.1 Å². The third-order valence-corrected chi connectivity index (χ3v) is 5.99. The number of nitrogens with one attached hydrogen (secondary N) is 2. The Bertz CT molecular complexity index is 1080. The van der Waals surface area contributed by atoms with E-state index in [0.717, 1.165) is 17.3 Å². The van der Waals surface area contributed by atoms with Crippen LogP contribution in [0.1, 0.15) is 25.8 Å². The molecular weight excluding hydrogens is 446 g/mol. The normalized spacial score (nSPS) is 11.8. The number of amides is 2. The van der Waals surface area contributed by atoms with Gasteiger partial charge in [0.05, 0.1) is 17.6 Å². The molecule has 0 bridgehead atoms. The molecule has 1 atom stereocenters. The molecule has 2 rings (SSSR count). The van der Waals surface area contributed by atoms with Gasteiger partial charge in [0.25, 0.3) is 5.56 Å². The number of carbonyl (C=O) groups excluding carboxylic acids is 2. The number of hydrogen-bond donors (Lipinski definition) is 3. The summed E-state index contributed by atoms with van der Waals surface area (Å²) in [5, 5.41) is 2.13. The van der Waals surface area contributed by atoms with Crippen LogP contribution >= 0.6 is 11.8 Å². The Labute approximate surface area is 196 Å². The number of aromatic nitrogens is 2. The maximum absolute atomic E-state index is 13.2. The van der Waals surface area contributed by atoms with Crippen molar-refractivity contribution in [2.45, 2.75) is 39.0 Å². The number of thioether (sulfide) groups is 1. The van der Waals surface area contributed by atoms with E-state index in [1.807, 2.05) is 26.0 Å². The lowest BCUT2D eigenvalue weighted by atomic mass is 10.2. The van der Waals surface area contributed by atoms with E-state index in [9.17, 15) is 19.2 Å². The molecule has 2 amide bonds. The molecule has 0 radical (unpaired) electrons. The first-order valence-electron chi connectivity index (χ1n) is 10.6. The summed E-state index contributed by atoms with van der Waals surface area (Å²) < 4.78 is 6.32. The third kappa shape index (κ3) is 6.96. The van der Waals surface area contributed by atoms with Gasteiger partial charge in [-0.1, -0.05) is 24.6 Å². The van der Waals surface area contributed by atoms with Crippen molar-refractivity contribution < 1.29 is 14.3 Å². The summed E-state index contributed by atoms with van der Waals surface area (Å²) in [7, 11) is 1.47. The minimum absolute atomic E-state index is 0.0417. The molecule has 11 heteroatoms. The van der Waals surface area contributed by atoms with Gasteiger partial charge in [0.15, 0.2) is 5.69 Å². The second-order valence-electron chi connectivity index (χ2n) is 7.49. The average molecular weight is 478 g/mol. The van der Waals surface area contributed by atoms with Gasteiger partial charge in [-0.3, -0.25) is 23.9 Å². The van der Waals surface area contributed by atoms with Crippen LogP contribution in [0.25, 0.3) is 0 Å². The van der Waals surface area contributed by atoms with Gasteiger partial charge in [-0.25, -0.2) is 4.79 Å². The number of aromatic amines is 1. The van der Waals surface area contributed by atoms with E-state index in [2.05, 4.69) is 10.3 Å². The summed E-state index contributed by atoms with van der Waals surface area (Å²) in [6, 6.07) is 7.39. The van der Waals surface area contributed by atoms with Gasteiger partial charge in [0, 0.05) is 25.9 Å². The van der Waals surface area contributed by atoms with Crippen molar-refractivity contribution in [2.24, 2.45) is 0 Å². The molecule has 0 fully saturated rings. The number of nitrogen functional groups attached to an aromatic ring is 1. The number of anilines is 3. The number of carbonyl (C=O) groups is 2. The lowest BCUT2D eigenvalue weighted by Gasteiger charge is -2.26. The number of hydrogen-bond acceptors (Lipinski definition) is 7. The maximum Gasteiger partial charge on any atom is 0.330 e. The Morgan fingerprint density at radius 1 is 1.27 bits per heavy atom. The Balaban J connectivity index is 2.19.